The van der Waals surface area contributed by atoms with Crippen molar-refractivity contribution in [3.63, 3.8) is 0 Å². The number of rotatable bonds is 4. The SMILES string of the molecule is OC(CSc1cccc(Cl)c1)C1CSCCS1. The second-order valence-electron chi connectivity index (χ2n) is 3.82. The van der Waals surface area contributed by atoms with E-state index in [1.807, 2.05) is 47.8 Å². The van der Waals surface area contributed by atoms with Crippen molar-refractivity contribution in [3.05, 3.63) is 29.3 Å². The zero-order valence-corrected chi connectivity index (χ0v) is 12.5. The van der Waals surface area contributed by atoms with Crippen LogP contribution in [0.25, 0.3) is 0 Å². The molecule has 5 heteroatoms. The van der Waals surface area contributed by atoms with Gasteiger partial charge in [0.15, 0.2) is 0 Å². The van der Waals surface area contributed by atoms with Gasteiger partial charge in [-0.05, 0) is 18.2 Å². The Balaban J connectivity index is 1.80. The minimum Gasteiger partial charge on any atom is -0.391 e. The van der Waals surface area contributed by atoms with Crippen molar-refractivity contribution in [2.24, 2.45) is 0 Å². The van der Waals surface area contributed by atoms with Gasteiger partial charge in [-0.25, -0.2) is 0 Å². The molecule has 1 fully saturated rings. The summed E-state index contributed by atoms with van der Waals surface area (Å²) in [7, 11) is 0. The van der Waals surface area contributed by atoms with Crippen molar-refractivity contribution in [1.82, 2.24) is 0 Å². The largest absolute Gasteiger partial charge is 0.391 e. The van der Waals surface area contributed by atoms with E-state index in [2.05, 4.69) is 0 Å². The van der Waals surface area contributed by atoms with Gasteiger partial charge in [0.05, 0.1) is 6.10 Å². The molecule has 94 valence electrons. The number of thioether (sulfide) groups is 3. The van der Waals surface area contributed by atoms with Gasteiger partial charge in [-0.2, -0.15) is 23.5 Å². The van der Waals surface area contributed by atoms with Gasteiger partial charge >= 0.3 is 0 Å². The van der Waals surface area contributed by atoms with Crippen molar-refractivity contribution in [2.45, 2.75) is 16.2 Å². The summed E-state index contributed by atoms with van der Waals surface area (Å²) in [5, 5.41) is 11.3. The molecule has 17 heavy (non-hydrogen) atoms. The van der Waals surface area contributed by atoms with Crippen LogP contribution >= 0.6 is 46.9 Å². The van der Waals surface area contributed by atoms with Crippen LogP contribution in [-0.4, -0.2) is 39.5 Å². The normalized spacial score (nSPS) is 22.4. The number of benzene rings is 1. The topological polar surface area (TPSA) is 20.2 Å². The van der Waals surface area contributed by atoms with E-state index in [9.17, 15) is 5.11 Å². The Hall–Kier alpha value is 0.520. The lowest BCUT2D eigenvalue weighted by Crippen LogP contribution is -2.30. The van der Waals surface area contributed by atoms with Crippen LogP contribution in [0.15, 0.2) is 29.2 Å². The third-order valence-electron chi connectivity index (χ3n) is 2.49. The highest BCUT2D eigenvalue weighted by atomic mass is 35.5. The minimum absolute atomic E-state index is 0.225. The Bertz CT molecular complexity index is 355. The lowest BCUT2D eigenvalue weighted by atomic mass is 10.3. The second kappa shape index (κ2) is 7.19. The summed E-state index contributed by atoms with van der Waals surface area (Å²) in [4.78, 5) is 1.13. The van der Waals surface area contributed by atoms with E-state index in [0.29, 0.717) is 5.25 Å². The summed E-state index contributed by atoms with van der Waals surface area (Å²) < 4.78 is 0. The van der Waals surface area contributed by atoms with Gasteiger partial charge in [0.2, 0.25) is 0 Å². The number of aliphatic hydroxyl groups is 1. The molecule has 2 atom stereocenters. The first kappa shape index (κ1) is 13.9. The molecule has 0 aliphatic carbocycles. The summed E-state index contributed by atoms with van der Waals surface area (Å²) in [5.41, 5.74) is 0. The summed E-state index contributed by atoms with van der Waals surface area (Å²) in [6.07, 6.45) is -0.225. The maximum atomic E-state index is 10.1. The molecule has 0 bridgehead atoms. The summed E-state index contributed by atoms with van der Waals surface area (Å²) >= 11 is 11.4. The van der Waals surface area contributed by atoms with Gasteiger partial charge in [-0.1, -0.05) is 17.7 Å². The third kappa shape index (κ3) is 4.60. The van der Waals surface area contributed by atoms with Gasteiger partial charge in [-0.3, -0.25) is 0 Å². The molecule has 0 aromatic heterocycles. The molecular weight excluding hydrogens is 292 g/mol. The van der Waals surface area contributed by atoms with E-state index >= 15 is 0 Å². The van der Waals surface area contributed by atoms with E-state index in [4.69, 9.17) is 11.6 Å². The van der Waals surface area contributed by atoms with E-state index in [0.717, 1.165) is 27.2 Å². The Morgan fingerprint density at radius 2 is 2.35 bits per heavy atom. The average Bonchev–Trinajstić information content (AvgIpc) is 2.37. The monoisotopic (exact) mass is 306 g/mol. The molecule has 1 heterocycles. The van der Waals surface area contributed by atoms with Crippen molar-refractivity contribution in [2.75, 3.05) is 23.0 Å². The highest BCUT2D eigenvalue weighted by Gasteiger charge is 2.22. The Morgan fingerprint density at radius 1 is 1.47 bits per heavy atom. The van der Waals surface area contributed by atoms with Crippen molar-refractivity contribution < 1.29 is 5.11 Å². The lowest BCUT2D eigenvalue weighted by molar-refractivity contribution is 0.202. The van der Waals surface area contributed by atoms with Crippen molar-refractivity contribution >= 4 is 46.9 Å². The molecule has 2 rings (SSSR count). The third-order valence-corrected chi connectivity index (χ3v) is 6.72. The van der Waals surface area contributed by atoms with Gasteiger partial charge < -0.3 is 5.11 Å². The van der Waals surface area contributed by atoms with Crippen molar-refractivity contribution in [3.8, 4) is 0 Å². The van der Waals surface area contributed by atoms with Gasteiger partial charge in [-0.15, -0.1) is 11.8 Å². The quantitative estimate of drug-likeness (QED) is 0.857. The molecule has 2 unspecified atom stereocenters. The number of hydrogen-bond acceptors (Lipinski definition) is 4. The number of aliphatic hydroxyl groups excluding tert-OH is 1. The highest BCUT2D eigenvalue weighted by molar-refractivity contribution is 8.06. The Morgan fingerprint density at radius 3 is 3.06 bits per heavy atom. The summed E-state index contributed by atoms with van der Waals surface area (Å²) in [5.74, 6) is 4.20. The molecule has 1 N–H and O–H groups in total. The predicted octanol–water partition coefficient (Wildman–Crippen LogP) is 3.64. The average molecular weight is 307 g/mol. The maximum absolute atomic E-state index is 10.1. The van der Waals surface area contributed by atoms with E-state index in [1.54, 1.807) is 11.8 Å². The zero-order chi connectivity index (χ0) is 12.1. The molecule has 1 aliphatic heterocycles. The summed E-state index contributed by atoms with van der Waals surface area (Å²) in [6, 6.07) is 7.80. The van der Waals surface area contributed by atoms with Crippen LogP contribution < -0.4 is 0 Å². The second-order valence-corrected chi connectivity index (χ2v) is 7.85. The fourth-order valence-corrected chi connectivity index (χ4v) is 5.70. The first-order chi connectivity index (χ1) is 8.25. The molecule has 1 aromatic carbocycles. The van der Waals surface area contributed by atoms with Crippen LogP contribution in [0.1, 0.15) is 0 Å². The molecule has 0 amide bonds. The number of hydrogen-bond donors (Lipinski definition) is 1. The zero-order valence-electron chi connectivity index (χ0n) is 9.34. The fourth-order valence-electron chi connectivity index (χ4n) is 1.57. The Labute approximate surface area is 120 Å². The van der Waals surface area contributed by atoms with Gasteiger partial charge in [0, 0.05) is 38.2 Å². The van der Waals surface area contributed by atoms with E-state index in [1.165, 1.54) is 5.75 Å². The molecule has 0 radical (unpaired) electrons. The van der Waals surface area contributed by atoms with Crippen LogP contribution in [-0.2, 0) is 0 Å². The lowest BCUT2D eigenvalue weighted by Gasteiger charge is -2.25. The standard InChI is InChI=1S/C12H15ClOS3/c13-9-2-1-3-10(6-9)17-7-11(14)12-8-15-4-5-16-12/h1-3,6,11-12,14H,4-5,7-8H2. The van der Waals surface area contributed by atoms with Crippen LogP contribution in [0.3, 0.4) is 0 Å². The maximum Gasteiger partial charge on any atom is 0.0760 e. The van der Waals surface area contributed by atoms with Crippen molar-refractivity contribution in [1.29, 1.82) is 0 Å². The fraction of sp³-hybridized carbons (Fsp3) is 0.500. The Kier molecular flexibility index (Phi) is 5.90. The molecule has 1 aromatic rings. The van der Waals surface area contributed by atoms with Gasteiger partial charge in [0.25, 0.3) is 0 Å². The first-order valence-corrected chi connectivity index (χ1v) is 9.08. The number of halogens is 1. The predicted molar refractivity (Wildman–Crippen MR) is 81.8 cm³/mol. The van der Waals surface area contributed by atoms with Crippen LogP contribution in [0.2, 0.25) is 5.02 Å². The van der Waals surface area contributed by atoms with E-state index in [-0.39, 0.29) is 6.10 Å². The molecular formula is C12H15ClOS3. The van der Waals surface area contributed by atoms with E-state index < -0.39 is 0 Å². The smallest absolute Gasteiger partial charge is 0.0760 e. The van der Waals surface area contributed by atoms with Crippen LogP contribution in [0, 0.1) is 0 Å². The minimum atomic E-state index is -0.225. The van der Waals surface area contributed by atoms with Crippen LogP contribution in [0.4, 0.5) is 0 Å². The van der Waals surface area contributed by atoms with Gasteiger partial charge in [0.1, 0.15) is 0 Å². The van der Waals surface area contributed by atoms with Crippen LogP contribution in [0.5, 0.6) is 0 Å². The summed E-state index contributed by atoms with van der Waals surface area (Å²) in [6.45, 7) is 0. The molecule has 0 spiro atoms. The molecule has 1 nitrogen and oxygen atoms in total. The molecule has 1 saturated heterocycles. The highest BCUT2D eigenvalue weighted by Crippen LogP contribution is 2.29. The first-order valence-electron chi connectivity index (χ1n) is 5.51. The molecule has 1 aliphatic rings. The molecule has 0 saturated carbocycles.